The quantitative estimate of drug-likeness (QED) is 0.875. The monoisotopic (exact) mass is 264 g/mol. The lowest BCUT2D eigenvalue weighted by Crippen LogP contribution is -2.41. The van der Waals surface area contributed by atoms with Gasteiger partial charge in [0.2, 0.25) is 12.7 Å². The molecule has 0 radical (unpaired) electrons. The molecule has 0 aromatic heterocycles. The Labute approximate surface area is 113 Å². The van der Waals surface area contributed by atoms with Crippen molar-refractivity contribution >= 4 is 5.91 Å². The van der Waals surface area contributed by atoms with Crippen LogP contribution in [0.15, 0.2) is 18.2 Å². The molecule has 1 unspecified atom stereocenters. The fourth-order valence-electron chi connectivity index (χ4n) is 2.06. The largest absolute Gasteiger partial charge is 0.454 e. The minimum Gasteiger partial charge on any atom is -0.454 e. The van der Waals surface area contributed by atoms with Crippen molar-refractivity contribution in [3.63, 3.8) is 0 Å². The summed E-state index contributed by atoms with van der Waals surface area (Å²) in [5.41, 5.74) is 6.49. The molecule has 0 spiro atoms. The average molecular weight is 264 g/mol. The minimum atomic E-state index is -0.0352. The topological polar surface area (TPSA) is 64.8 Å². The van der Waals surface area contributed by atoms with E-state index in [-0.39, 0.29) is 25.3 Å². The molecule has 104 valence electrons. The van der Waals surface area contributed by atoms with Gasteiger partial charge in [-0.1, -0.05) is 13.0 Å². The number of carbonyl (C=O) groups is 1. The summed E-state index contributed by atoms with van der Waals surface area (Å²) < 4.78 is 10.6. The summed E-state index contributed by atoms with van der Waals surface area (Å²) in [6.07, 6.45) is 0.899. The third-order valence-electron chi connectivity index (χ3n) is 3.41. The van der Waals surface area contributed by atoms with Crippen molar-refractivity contribution in [3.8, 4) is 11.5 Å². The van der Waals surface area contributed by atoms with Crippen molar-refractivity contribution in [2.45, 2.75) is 32.9 Å². The van der Waals surface area contributed by atoms with E-state index < -0.39 is 0 Å². The van der Waals surface area contributed by atoms with E-state index in [1.807, 2.05) is 25.1 Å². The lowest BCUT2D eigenvalue weighted by Gasteiger charge is -2.28. The number of ether oxygens (including phenoxy) is 2. The Morgan fingerprint density at radius 1 is 1.42 bits per heavy atom. The van der Waals surface area contributed by atoms with Gasteiger partial charge in [-0.25, -0.2) is 0 Å². The molecule has 1 aromatic carbocycles. The van der Waals surface area contributed by atoms with E-state index in [1.54, 1.807) is 4.90 Å². The molecule has 1 aromatic rings. The van der Waals surface area contributed by atoms with Crippen molar-refractivity contribution in [2.24, 2.45) is 5.73 Å². The van der Waals surface area contributed by atoms with Gasteiger partial charge in [0, 0.05) is 12.6 Å². The maximum atomic E-state index is 11.9. The molecule has 1 amide bonds. The molecule has 0 aliphatic carbocycles. The molecule has 0 fully saturated rings. The fourth-order valence-corrected chi connectivity index (χ4v) is 2.06. The van der Waals surface area contributed by atoms with Crippen molar-refractivity contribution in [1.29, 1.82) is 0 Å². The number of hydrogen-bond donors (Lipinski definition) is 1. The standard InChI is InChI=1S/C14H20N2O3/c1-3-10(2)16(14(17)7-15)8-11-4-5-12-13(6-11)19-9-18-12/h4-6,10H,3,7-9,15H2,1-2H3. The van der Waals surface area contributed by atoms with Crippen LogP contribution in [0.2, 0.25) is 0 Å². The van der Waals surface area contributed by atoms with Gasteiger partial charge in [-0.15, -0.1) is 0 Å². The zero-order valence-electron chi connectivity index (χ0n) is 11.4. The van der Waals surface area contributed by atoms with Crippen molar-refractivity contribution in [2.75, 3.05) is 13.3 Å². The molecular weight excluding hydrogens is 244 g/mol. The first-order valence-corrected chi connectivity index (χ1v) is 6.53. The maximum absolute atomic E-state index is 11.9. The van der Waals surface area contributed by atoms with Crippen molar-refractivity contribution in [3.05, 3.63) is 23.8 Å². The molecule has 5 nitrogen and oxygen atoms in total. The van der Waals surface area contributed by atoms with Crippen LogP contribution in [0.5, 0.6) is 11.5 Å². The highest BCUT2D eigenvalue weighted by atomic mass is 16.7. The zero-order valence-corrected chi connectivity index (χ0v) is 11.4. The van der Waals surface area contributed by atoms with E-state index in [0.717, 1.165) is 23.5 Å². The number of nitrogens with zero attached hydrogens (tertiary/aromatic N) is 1. The van der Waals surface area contributed by atoms with Gasteiger partial charge in [-0.2, -0.15) is 0 Å². The van der Waals surface area contributed by atoms with Gasteiger partial charge >= 0.3 is 0 Å². The third-order valence-corrected chi connectivity index (χ3v) is 3.41. The molecule has 5 heteroatoms. The van der Waals surface area contributed by atoms with Crippen LogP contribution in [-0.4, -0.2) is 30.2 Å². The second-order valence-corrected chi connectivity index (χ2v) is 4.67. The molecule has 2 N–H and O–H groups in total. The number of carbonyl (C=O) groups excluding carboxylic acids is 1. The SMILES string of the molecule is CCC(C)N(Cc1ccc2c(c1)OCO2)C(=O)CN. The fraction of sp³-hybridized carbons (Fsp3) is 0.500. The Kier molecular flexibility index (Phi) is 4.27. The second kappa shape index (κ2) is 5.93. The van der Waals surface area contributed by atoms with Gasteiger partial charge in [0.1, 0.15) is 0 Å². The first-order valence-electron chi connectivity index (χ1n) is 6.53. The minimum absolute atomic E-state index is 0.0352. The van der Waals surface area contributed by atoms with Crippen LogP contribution in [0.1, 0.15) is 25.8 Å². The number of rotatable bonds is 5. The number of benzene rings is 1. The van der Waals surface area contributed by atoms with E-state index in [0.29, 0.717) is 6.54 Å². The van der Waals surface area contributed by atoms with Crippen LogP contribution in [0.25, 0.3) is 0 Å². The van der Waals surface area contributed by atoms with Gasteiger partial charge in [-0.05, 0) is 31.0 Å². The maximum Gasteiger partial charge on any atom is 0.236 e. The Bertz CT molecular complexity index is 462. The highest BCUT2D eigenvalue weighted by molar-refractivity contribution is 5.78. The van der Waals surface area contributed by atoms with Crippen LogP contribution in [0.4, 0.5) is 0 Å². The Morgan fingerprint density at radius 3 is 2.84 bits per heavy atom. The van der Waals surface area contributed by atoms with Gasteiger partial charge < -0.3 is 20.1 Å². The van der Waals surface area contributed by atoms with E-state index in [1.165, 1.54) is 0 Å². The van der Waals surface area contributed by atoms with E-state index in [9.17, 15) is 4.79 Å². The van der Waals surface area contributed by atoms with Gasteiger partial charge in [0.05, 0.1) is 6.54 Å². The third kappa shape index (κ3) is 2.98. The van der Waals surface area contributed by atoms with Gasteiger partial charge in [0.15, 0.2) is 11.5 Å². The van der Waals surface area contributed by atoms with E-state index in [4.69, 9.17) is 15.2 Å². The van der Waals surface area contributed by atoms with Gasteiger partial charge in [-0.3, -0.25) is 4.79 Å². The van der Waals surface area contributed by atoms with Gasteiger partial charge in [0.25, 0.3) is 0 Å². The van der Waals surface area contributed by atoms with Crippen LogP contribution in [0, 0.1) is 0 Å². The highest BCUT2D eigenvalue weighted by Gasteiger charge is 2.19. The lowest BCUT2D eigenvalue weighted by molar-refractivity contribution is -0.132. The molecule has 1 aliphatic rings. The highest BCUT2D eigenvalue weighted by Crippen LogP contribution is 2.32. The van der Waals surface area contributed by atoms with E-state index >= 15 is 0 Å². The predicted molar refractivity (Wildman–Crippen MR) is 71.9 cm³/mol. The van der Waals surface area contributed by atoms with Crippen molar-refractivity contribution in [1.82, 2.24) is 4.90 Å². The lowest BCUT2D eigenvalue weighted by atomic mass is 10.1. The molecule has 0 bridgehead atoms. The summed E-state index contributed by atoms with van der Waals surface area (Å²) in [5, 5.41) is 0. The first-order chi connectivity index (χ1) is 9.15. The van der Waals surface area contributed by atoms with Crippen LogP contribution >= 0.6 is 0 Å². The summed E-state index contributed by atoms with van der Waals surface area (Å²) >= 11 is 0. The Morgan fingerprint density at radius 2 is 2.16 bits per heavy atom. The van der Waals surface area contributed by atoms with Crippen LogP contribution in [-0.2, 0) is 11.3 Å². The first kappa shape index (κ1) is 13.7. The smallest absolute Gasteiger partial charge is 0.236 e. The summed E-state index contributed by atoms with van der Waals surface area (Å²) in [4.78, 5) is 13.7. The summed E-state index contributed by atoms with van der Waals surface area (Å²) in [7, 11) is 0. The zero-order chi connectivity index (χ0) is 13.8. The molecule has 0 saturated heterocycles. The summed E-state index contributed by atoms with van der Waals surface area (Å²) in [6, 6.07) is 5.91. The molecule has 0 saturated carbocycles. The molecule has 1 aliphatic heterocycles. The van der Waals surface area contributed by atoms with Crippen LogP contribution < -0.4 is 15.2 Å². The normalized spacial score (nSPS) is 14.3. The predicted octanol–water partition coefficient (Wildman–Crippen LogP) is 1.50. The number of nitrogens with two attached hydrogens (primary N) is 1. The number of fused-ring (bicyclic) bond motifs is 1. The second-order valence-electron chi connectivity index (χ2n) is 4.67. The number of amides is 1. The van der Waals surface area contributed by atoms with E-state index in [2.05, 4.69) is 6.92 Å². The number of hydrogen-bond acceptors (Lipinski definition) is 4. The molecule has 19 heavy (non-hydrogen) atoms. The molecule has 1 heterocycles. The Balaban J connectivity index is 2.14. The summed E-state index contributed by atoms with van der Waals surface area (Å²) in [5.74, 6) is 1.46. The Hall–Kier alpha value is -1.75. The average Bonchev–Trinajstić information content (AvgIpc) is 2.90. The van der Waals surface area contributed by atoms with Crippen molar-refractivity contribution < 1.29 is 14.3 Å². The van der Waals surface area contributed by atoms with Crippen LogP contribution in [0.3, 0.4) is 0 Å². The molecule has 2 rings (SSSR count). The summed E-state index contributed by atoms with van der Waals surface area (Å²) in [6.45, 7) is 4.92. The molecular formula is C14H20N2O3. The molecule has 1 atom stereocenters.